The molecule has 0 aliphatic heterocycles. The molecule has 1 aromatic heterocycles. The third kappa shape index (κ3) is 3.59. The first-order valence-corrected chi connectivity index (χ1v) is 8.32. The van der Waals surface area contributed by atoms with Gasteiger partial charge in [-0.05, 0) is 24.6 Å². The lowest BCUT2D eigenvalue weighted by Crippen LogP contribution is -2.27. The Hall–Kier alpha value is -2.19. The average molecular weight is 337 g/mol. The van der Waals surface area contributed by atoms with Crippen molar-refractivity contribution in [3.8, 4) is 0 Å². The summed E-state index contributed by atoms with van der Waals surface area (Å²) in [5.41, 5.74) is 1.54. The molecule has 0 atom stereocenters. The van der Waals surface area contributed by atoms with E-state index in [1.807, 2.05) is 0 Å². The first-order valence-electron chi connectivity index (χ1n) is 6.88. The summed E-state index contributed by atoms with van der Waals surface area (Å²) in [5, 5.41) is 4.02. The van der Waals surface area contributed by atoms with E-state index in [1.54, 1.807) is 43.2 Å². The van der Waals surface area contributed by atoms with Crippen LogP contribution in [0.2, 0.25) is 0 Å². The van der Waals surface area contributed by atoms with Crippen molar-refractivity contribution in [1.82, 2.24) is 14.1 Å². The number of hydrogen-bond donors (Lipinski definition) is 0. The number of hydrogen-bond acceptors (Lipinski definition) is 5. The summed E-state index contributed by atoms with van der Waals surface area (Å²) in [5.74, 6) is -0.573. The number of carbonyl (C=O) groups is 1. The van der Waals surface area contributed by atoms with Gasteiger partial charge >= 0.3 is 5.97 Å². The maximum atomic E-state index is 12.8. The summed E-state index contributed by atoms with van der Waals surface area (Å²) in [6, 6.07) is 4.48. The molecule has 0 unspecified atom stereocenters. The van der Waals surface area contributed by atoms with Gasteiger partial charge < -0.3 is 4.74 Å². The maximum Gasteiger partial charge on any atom is 0.337 e. The van der Waals surface area contributed by atoms with Gasteiger partial charge in [0.2, 0.25) is 10.0 Å². The van der Waals surface area contributed by atoms with Crippen LogP contribution in [0.3, 0.4) is 0 Å². The molecule has 1 heterocycles. The predicted octanol–water partition coefficient (Wildman–Crippen LogP) is 1.34. The SMILES string of the molecule is COC(=O)c1ccc(C)c(S(=O)(=O)N(C)Cc2cnn(C)c2)c1. The third-order valence-electron chi connectivity index (χ3n) is 3.46. The van der Waals surface area contributed by atoms with Gasteiger partial charge in [-0.1, -0.05) is 6.07 Å². The average Bonchev–Trinajstić information content (AvgIpc) is 2.91. The number of methoxy groups -OCH3 is 1. The lowest BCUT2D eigenvalue weighted by molar-refractivity contribution is 0.0600. The molecule has 0 fully saturated rings. The standard InChI is InChI=1S/C15H19N3O4S/c1-11-5-6-13(15(19)22-4)7-14(11)23(20,21)18(3)10-12-8-16-17(2)9-12/h5-9H,10H2,1-4H3. The van der Waals surface area contributed by atoms with Gasteiger partial charge in [-0.3, -0.25) is 4.68 Å². The van der Waals surface area contributed by atoms with Gasteiger partial charge in [0.1, 0.15) is 0 Å². The van der Waals surface area contributed by atoms with Gasteiger partial charge in [0.05, 0.1) is 23.8 Å². The van der Waals surface area contributed by atoms with Crippen LogP contribution >= 0.6 is 0 Å². The van der Waals surface area contributed by atoms with Crippen molar-refractivity contribution in [2.24, 2.45) is 7.05 Å². The Morgan fingerprint density at radius 3 is 2.65 bits per heavy atom. The maximum absolute atomic E-state index is 12.8. The fourth-order valence-electron chi connectivity index (χ4n) is 2.19. The Balaban J connectivity index is 2.36. The summed E-state index contributed by atoms with van der Waals surface area (Å²) >= 11 is 0. The zero-order chi connectivity index (χ0) is 17.2. The number of aryl methyl sites for hydroxylation is 2. The number of ether oxygens (including phenoxy) is 1. The van der Waals surface area contributed by atoms with E-state index in [1.165, 1.54) is 24.5 Å². The highest BCUT2D eigenvalue weighted by Crippen LogP contribution is 2.22. The fraction of sp³-hybridized carbons (Fsp3) is 0.333. The molecule has 0 amide bonds. The molecule has 0 N–H and O–H groups in total. The van der Waals surface area contributed by atoms with Crippen LogP contribution in [-0.2, 0) is 28.4 Å². The zero-order valence-electron chi connectivity index (χ0n) is 13.5. The van der Waals surface area contributed by atoms with Crippen LogP contribution in [0.4, 0.5) is 0 Å². The molecule has 0 spiro atoms. The molecule has 0 aliphatic rings. The number of sulfonamides is 1. The van der Waals surface area contributed by atoms with Gasteiger partial charge in [-0.25, -0.2) is 13.2 Å². The van der Waals surface area contributed by atoms with E-state index < -0.39 is 16.0 Å². The summed E-state index contributed by atoms with van der Waals surface area (Å²) in [7, 11) is 0.779. The van der Waals surface area contributed by atoms with E-state index in [2.05, 4.69) is 9.84 Å². The monoisotopic (exact) mass is 337 g/mol. The molecule has 2 aromatic rings. The highest BCUT2D eigenvalue weighted by atomic mass is 32.2. The topological polar surface area (TPSA) is 81.5 Å². The normalized spacial score (nSPS) is 11.7. The number of nitrogens with zero attached hydrogens (tertiary/aromatic N) is 3. The first-order chi connectivity index (χ1) is 10.8. The Bertz CT molecular complexity index is 827. The van der Waals surface area contributed by atoms with Crippen LogP contribution in [0.25, 0.3) is 0 Å². The van der Waals surface area contributed by atoms with Gasteiger partial charge in [0.15, 0.2) is 0 Å². The van der Waals surface area contributed by atoms with E-state index in [4.69, 9.17) is 0 Å². The molecular weight excluding hydrogens is 318 g/mol. The Morgan fingerprint density at radius 1 is 1.39 bits per heavy atom. The second kappa shape index (κ2) is 6.51. The highest BCUT2D eigenvalue weighted by Gasteiger charge is 2.24. The first kappa shape index (κ1) is 17.2. The summed E-state index contributed by atoms with van der Waals surface area (Å²) in [6.07, 6.45) is 3.37. The molecule has 0 aliphatic carbocycles. The third-order valence-corrected chi connectivity index (χ3v) is 5.41. The predicted molar refractivity (Wildman–Crippen MR) is 84.4 cm³/mol. The molecule has 23 heavy (non-hydrogen) atoms. The van der Waals surface area contributed by atoms with Crippen LogP contribution in [0.15, 0.2) is 35.5 Å². The lowest BCUT2D eigenvalue weighted by atomic mass is 10.1. The summed E-state index contributed by atoms with van der Waals surface area (Å²) < 4.78 is 33.0. The molecular formula is C15H19N3O4S. The van der Waals surface area contributed by atoms with E-state index >= 15 is 0 Å². The van der Waals surface area contributed by atoms with E-state index in [-0.39, 0.29) is 17.0 Å². The van der Waals surface area contributed by atoms with Crippen molar-refractivity contribution in [2.75, 3.05) is 14.2 Å². The van der Waals surface area contributed by atoms with Gasteiger partial charge in [0, 0.05) is 32.4 Å². The van der Waals surface area contributed by atoms with E-state index in [9.17, 15) is 13.2 Å². The molecule has 1 aromatic carbocycles. The lowest BCUT2D eigenvalue weighted by Gasteiger charge is -2.18. The minimum Gasteiger partial charge on any atom is -0.465 e. The van der Waals surface area contributed by atoms with Crippen molar-refractivity contribution in [1.29, 1.82) is 0 Å². The van der Waals surface area contributed by atoms with Gasteiger partial charge in [-0.15, -0.1) is 0 Å². The Kier molecular flexibility index (Phi) is 4.86. The second-order valence-electron chi connectivity index (χ2n) is 5.26. The van der Waals surface area contributed by atoms with Crippen LogP contribution in [-0.4, -0.2) is 42.6 Å². The summed E-state index contributed by atoms with van der Waals surface area (Å²) in [6.45, 7) is 1.88. The molecule has 8 heteroatoms. The number of rotatable bonds is 5. The zero-order valence-corrected chi connectivity index (χ0v) is 14.3. The smallest absolute Gasteiger partial charge is 0.337 e. The van der Waals surface area contributed by atoms with Gasteiger partial charge in [0.25, 0.3) is 0 Å². The highest BCUT2D eigenvalue weighted by molar-refractivity contribution is 7.89. The van der Waals surface area contributed by atoms with Crippen LogP contribution in [0, 0.1) is 6.92 Å². The Labute approximate surface area is 135 Å². The van der Waals surface area contributed by atoms with Crippen LogP contribution < -0.4 is 0 Å². The van der Waals surface area contributed by atoms with Crippen molar-refractivity contribution < 1.29 is 17.9 Å². The van der Waals surface area contributed by atoms with Crippen LogP contribution in [0.5, 0.6) is 0 Å². The van der Waals surface area contributed by atoms with Crippen molar-refractivity contribution in [3.63, 3.8) is 0 Å². The quantitative estimate of drug-likeness (QED) is 0.769. The van der Waals surface area contributed by atoms with Crippen molar-refractivity contribution >= 4 is 16.0 Å². The Morgan fingerprint density at radius 2 is 2.09 bits per heavy atom. The number of benzene rings is 1. The number of carbonyl (C=O) groups excluding carboxylic acids is 1. The molecule has 0 bridgehead atoms. The van der Waals surface area contributed by atoms with E-state index in [0.717, 1.165) is 5.56 Å². The number of esters is 1. The number of aromatic nitrogens is 2. The largest absolute Gasteiger partial charge is 0.465 e. The molecule has 124 valence electrons. The van der Waals surface area contributed by atoms with Gasteiger partial charge in [-0.2, -0.15) is 9.40 Å². The summed E-state index contributed by atoms with van der Waals surface area (Å²) in [4.78, 5) is 11.7. The van der Waals surface area contributed by atoms with Crippen molar-refractivity contribution in [2.45, 2.75) is 18.4 Å². The van der Waals surface area contributed by atoms with E-state index in [0.29, 0.717) is 5.56 Å². The molecule has 0 radical (unpaired) electrons. The molecule has 7 nitrogen and oxygen atoms in total. The fourth-order valence-corrected chi connectivity index (χ4v) is 3.59. The molecule has 0 saturated heterocycles. The van der Waals surface area contributed by atoms with Crippen molar-refractivity contribution in [3.05, 3.63) is 47.3 Å². The molecule has 0 saturated carbocycles. The molecule has 2 rings (SSSR count). The minimum atomic E-state index is -3.73. The second-order valence-corrected chi connectivity index (χ2v) is 7.27. The van der Waals surface area contributed by atoms with Crippen LogP contribution in [0.1, 0.15) is 21.5 Å². The minimum absolute atomic E-state index is 0.0896.